The van der Waals surface area contributed by atoms with Crippen molar-refractivity contribution < 1.29 is 8.94 Å². The summed E-state index contributed by atoms with van der Waals surface area (Å²) in [6.07, 6.45) is 0. The topological polar surface area (TPSA) is 64.1 Å². The highest BCUT2D eigenvalue weighted by Gasteiger charge is 2.14. The molecule has 3 rings (SSSR count). The minimum atomic E-state index is 0.381. The van der Waals surface area contributed by atoms with E-state index in [0.717, 1.165) is 11.0 Å². The lowest BCUT2D eigenvalue weighted by Gasteiger charge is -2.02. The highest BCUT2D eigenvalue weighted by atomic mass is 16.5. The monoisotopic (exact) mass is 271 g/mol. The quantitative estimate of drug-likeness (QED) is 0.788. The molecule has 0 unspecified atom stereocenters. The first-order chi connectivity index (χ1) is 9.61. The Morgan fingerprint density at radius 2 is 2.10 bits per heavy atom. The Bertz CT molecular complexity index is 728. The molecule has 0 saturated heterocycles. The van der Waals surface area contributed by atoms with Gasteiger partial charge in [0.05, 0.1) is 6.54 Å². The van der Waals surface area contributed by atoms with Crippen LogP contribution in [0.2, 0.25) is 0 Å². The Morgan fingerprint density at radius 1 is 1.25 bits per heavy atom. The van der Waals surface area contributed by atoms with Crippen LogP contribution in [0.5, 0.6) is 0 Å². The molecule has 0 spiro atoms. The summed E-state index contributed by atoms with van der Waals surface area (Å²) in [5, 5.41) is 8.23. The highest BCUT2D eigenvalue weighted by Crippen LogP contribution is 2.27. The molecule has 5 nitrogen and oxygen atoms in total. The largest absolute Gasteiger partial charge is 0.451 e. The van der Waals surface area contributed by atoms with Gasteiger partial charge >= 0.3 is 0 Å². The molecule has 20 heavy (non-hydrogen) atoms. The van der Waals surface area contributed by atoms with Crippen molar-refractivity contribution in [2.75, 3.05) is 0 Å². The molecule has 0 aliphatic rings. The summed E-state index contributed by atoms with van der Waals surface area (Å²) < 4.78 is 11.0. The van der Waals surface area contributed by atoms with Crippen molar-refractivity contribution in [2.45, 2.75) is 33.4 Å². The maximum absolute atomic E-state index is 5.73. The number of hydrogen-bond acceptors (Lipinski definition) is 5. The molecule has 0 radical (unpaired) electrons. The molecule has 5 heteroatoms. The molecule has 0 fully saturated rings. The number of furan rings is 1. The van der Waals surface area contributed by atoms with E-state index in [1.165, 1.54) is 5.56 Å². The fourth-order valence-corrected chi connectivity index (χ4v) is 1.99. The molecule has 0 bridgehead atoms. The van der Waals surface area contributed by atoms with Crippen molar-refractivity contribution in [1.82, 2.24) is 15.5 Å². The standard InChI is InChI=1S/C15H17N3O2/c1-9(2)16-8-14-17-15(20-18-14)13-7-11-6-10(3)4-5-12(11)19-13/h4-7,9,16H,8H2,1-3H3. The zero-order chi connectivity index (χ0) is 14.1. The van der Waals surface area contributed by atoms with E-state index in [1.54, 1.807) is 0 Å². The molecule has 0 aliphatic heterocycles. The summed E-state index contributed by atoms with van der Waals surface area (Å²) in [5.74, 6) is 1.65. The number of nitrogens with one attached hydrogen (secondary N) is 1. The third-order valence-electron chi connectivity index (χ3n) is 3.02. The first kappa shape index (κ1) is 12.9. The van der Waals surface area contributed by atoms with E-state index < -0.39 is 0 Å². The van der Waals surface area contributed by atoms with Gasteiger partial charge < -0.3 is 14.3 Å². The smallest absolute Gasteiger partial charge is 0.293 e. The fourth-order valence-electron chi connectivity index (χ4n) is 1.99. The van der Waals surface area contributed by atoms with Crippen molar-refractivity contribution in [2.24, 2.45) is 0 Å². The third-order valence-corrected chi connectivity index (χ3v) is 3.02. The van der Waals surface area contributed by atoms with Crippen LogP contribution in [0.15, 0.2) is 33.2 Å². The lowest BCUT2D eigenvalue weighted by molar-refractivity contribution is 0.407. The minimum Gasteiger partial charge on any atom is -0.451 e. The van der Waals surface area contributed by atoms with Gasteiger partial charge in [0.15, 0.2) is 11.6 Å². The maximum atomic E-state index is 5.73. The Balaban J connectivity index is 1.87. The number of fused-ring (bicyclic) bond motifs is 1. The lowest BCUT2D eigenvalue weighted by atomic mass is 10.2. The van der Waals surface area contributed by atoms with Crippen LogP contribution in [0.4, 0.5) is 0 Å². The van der Waals surface area contributed by atoms with Gasteiger partial charge in [0.2, 0.25) is 0 Å². The molecular weight excluding hydrogens is 254 g/mol. The molecule has 2 heterocycles. The van der Waals surface area contributed by atoms with Crippen molar-refractivity contribution in [3.8, 4) is 11.7 Å². The molecule has 2 aromatic heterocycles. The van der Waals surface area contributed by atoms with Gasteiger partial charge in [0, 0.05) is 11.4 Å². The molecule has 104 valence electrons. The SMILES string of the molecule is Cc1ccc2oc(-c3nc(CNC(C)C)no3)cc2c1. The van der Waals surface area contributed by atoms with E-state index in [2.05, 4.69) is 42.3 Å². The average molecular weight is 271 g/mol. The lowest BCUT2D eigenvalue weighted by Crippen LogP contribution is -2.22. The van der Waals surface area contributed by atoms with Crippen LogP contribution in [0.3, 0.4) is 0 Å². The van der Waals surface area contributed by atoms with E-state index >= 15 is 0 Å². The Labute approximate surface area is 117 Å². The normalized spacial score (nSPS) is 11.6. The van der Waals surface area contributed by atoms with Crippen LogP contribution in [-0.2, 0) is 6.54 Å². The van der Waals surface area contributed by atoms with Gasteiger partial charge in [0.25, 0.3) is 5.89 Å². The van der Waals surface area contributed by atoms with Crippen molar-refractivity contribution in [3.05, 3.63) is 35.7 Å². The summed E-state index contributed by atoms with van der Waals surface area (Å²) >= 11 is 0. The van der Waals surface area contributed by atoms with Crippen molar-refractivity contribution in [1.29, 1.82) is 0 Å². The molecule has 3 aromatic rings. The van der Waals surface area contributed by atoms with Crippen molar-refractivity contribution >= 4 is 11.0 Å². The van der Waals surface area contributed by atoms with E-state index in [1.807, 2.05) is 18.2 Å². The fraction of sp³-hybridized carbons (Fsp3) is 0.333. The second-order valence-corrected chi connectivity index (χ2v) is 5.20. The number of benzene rings is 1. The zero-order valence-corrected chi connectivity index (χ0v) is 11.8. The Morgan fingerprint density at radius 3 is 2.90 bits per heavy atom. The number of hydrogen-bond donors (Lipinski definition) is 1. The van der Waals surface area contributed by atoms with E-state index in [4.69, 9.17) is 8.94 Å². The minimum absolute atomic E-state index is 0.381. The van der Waals surface area contributed by atoms with Gasteiger partial charge in [-0.05, 0) is 25.1 Å². The van der Waals surface area contributed by atoms with Gasteiger partial charge in [-0.1, -0.05) is 30.6 Å². The van der Waals surface area contributed by atoms with Crippen LogP contribution in [-0.4, -0.2) is 16.2 Å². The second kappa shape index (κ2) is 5.09. The Hall–Kier alpha value is -2.14. The highest BCUT2D eigenvalue weighted by molar-refractivity contribution is 5.82. The van der Waals surface area contributed by atoms with Crippen LogP contribution in [0, 0.1) is 6.92 Å². The summed E-state index contributed by atoms with van der Waals surface area (Å²) in [7, 11) is 0. The third kappa shape index (κ3) is 2.58. The second-order valence-electron chi connectivity index (χ2n) is 5.20. The van der Waals surface area contributed by atoms with E-state index in [-0.39, 0.29) is 0 Å². The first-order valence-corrected chi connectivity index (χ1v) is 6.68. The molecule has 0 amide bonds. The van der Waals surface area contributed by atoms with Crippen molar-refractivity contribution in [3.63, 3.8) is 0 Å². The van der Waals surface area contributed by atoms with E-state index in [9.17, 15) is 0 Å². The van der Waals surface area contributed by atoms with Gasteiger partial charge in [-0.15, -0.1) is 0 Å². The predicted octanol–water partition coefficient (Wildman–Crippen LogP) is 3.29. The summed E-state index contributed by atoms with van der Waals surface area (Å²) in [6.45, 7) is 6.78. The Kier molecular flexibility index (Phi) is 3.28. The van der Waals surface area contributed by atoms with Crippen LogP contribution in [0.25, 0.3) is 22.6 Å². The first-order valence-electron chi connectivity index (χ1n) is 6.68. The van der Waals surface area contributed by atoms with Gasteiger partial charge in [0.1, 0.15) is 5.58 Å². The number of rotatable bonds is 4. The summed E-state index contributed by atoms with van der Waals surface area (Å²) in [6, 6.07) is 8.34. The van der Waals surface area contributed by atoms with Crippen LogP contribution < -0.4 is 5.32 Å². The summed E-state index contributed by atoms with van der Waals surface area (Å²) in [5.41, 5.74) is 2.02. The molecule has 0 aliphatic carbocycles. The number of aryl methyl sites for hydroxylation is 1. The molecule has 1 aromatic carbocycles. The van der Waals surface area contributed by atoms with Gasteiger partial charge in [-0.3, -0.25) is 0 Å². The zero-order valence-electron chi connectivity index (χ0n) is 11.8. The molecular formula is C15H17N3O2. The number of aromatic nitrogens is 2. The van der Waals surface area contributed by atoms with Gasteiger partial charge in [-0.25, -0.2) is 0 Å². The predicted molar refractivity (Wildman–Crippen MR) is 76.2 cm³/mol. The average Bonchev–Trinajstić information content (AvgIpc) is 3.01. The van der Waals surface area contributed by atoms with Crippen LogP contribution >= 0.6 is 0 Å². The number of nitrogens with zero attached hydrogens (tertiary/aromatic N) is 2. The van der Waals surface area contributed by atoms with Gasteiger partial charge in [-0.2, -0.15) is 4.98 Å². The molecule has 1 N–H and O–H groups in total. The van der Waals surface area contributed by atoms with E-state index in [0.29, 0.717) is 30.1 Å². The summed E-state index contributed by atoms with van der Waals surface area (Å²) in [4.78, 5) is 4.34. The molecule has 0 saturated carbocycles. The molecule has 0 atom stereocenters. The maximum Gasteiger partial charge on any atom is 0.293 e. The van der Waals surface area contributed by atoms with Crippen LogP contribution in [0.1, 0.15) is 25.2 Å².